The molecule has 0 radical (unpaired) electrons. The summed E-state index contributed by atoms with van der Waals surface area (Å²) >= 11 is 0. The van der Waals surface area contributed by atoms with Crippen molar-refractivity contribution in [1.82, 2.24) is 0 Å². The average Bonchev–Trinajstić information content (AvgIpc) is 2.28. The van der Waals surface area contributed by atoms with Crippen LogP contribution in [-0.2, 0) is 0 Å². The van der Waals surface area contributed by atoms with Crippen LogP contribution in [-0.4, -0.2) is 41.4 Å². The molecular weight excluding hydrogens is 231 g/mol. The first-order chi connectivity index (χ1) is 8.11. The molecule has 0 aromatic heterocycles. The standard InChI is InChI=1S/C10H13FN2O4/c11-8-2-1-3-9(10(8)13(16)17)12(4-6-14)5-7-15/h1-3,14-15H,4-7H2. The van der Waals surface area contributed by atoms with Gasteiger partial charge in [0.1, 0.15) is 5.69 Å². The van der Waals surface area contributed by atoms with E-state index in [1.165, 1.54) is 17.0 Å². The lowest BCUT2D eigenvalue weighted by atomic mass is 10.2. The average molecular weight is 244 g/mol. The molecule has 0 aliphatic rings. The summed E-state index contributed by atoms with van der Waals surface area (Å²) in [5, 5.41) is 28.4. The van der Waals surface area contributed by atoms with E-state index in [1.54, 1.807) is 0 Å². The number of para-hydroxylation sites is 1. The summed E-state index contributed by atoms with van der Waals surface area (Å²) in [5.41, 5.74) is -0.590. The molecule has 0 fully saturated rings. The van der Waals surface area contributed by atoms with E-state index < -0.39 is 16.4 Å². The number of anilines is 1. The number of hydrogen-bond donors (Lipinski definition) is 2. The van der Waals surface area contributed by atoms with Crippen molar-refractivity contribution in [2.45, 2.75) is 0 Å². The van der Waals surface area contributed by atoms with Crippen molar-refractivity contribution in [2.24, 2.45) is 0 Å². The van der Waals surface area contributed by atoms with Crippen LogP contribution >= 0.6 is 0 Å². The van der Waals surface area contributed by atoms with Crippen molar-refractivity contribution in [2.75, 3.05) is 31.2 Å². The first-order valence-electron chi connectivity index (χ1n) is 5.01. The molecule has 2 N–H and O–H groups in total. The maximum atomic E-state index is 13.3. The van der Waals surface area contributed by atoms with E-state index in [0.29, 0.717) is 0 Å². The first kappa shape index (κ1) is 13.3. The lowest BCUT2D eigenvalue weighted by molar-refractivity contribution is -0.386. The predicted molar refractivity (Wildman–Crippen MR) is 59.4 cm³/mol. The second-order valence-electron chi connectivity index (χ2n) is 3.30. The Labute approximate surface area is 97.1 Å². The van der Waals surface area contributed by atoms with Gasteiger partial charge in [0.2, 0.25) is 5.82 Å². The van der Waals surface area contributed by atoms with E-state index in [9.17, 15) is 14.5 Å². The van der Waals surface area contributed by atoms with E-state index in [1.807, 2.05) is 0 Å². The lowest BCUT2D eigenvalue weighted by Crippen LogP contribution is -2.30. The molecule has 0 aliphatic carbocycles. The molecule has 0 unspecified atom stereocenters. The molecule has 0 saturated carbocycles. The Bertz CT molecular complexity index is 394. The highest BCUT2D eigenvalue weighted by Crippen LogP contribution is 2.30. The molecule has 1 rings (SSSR count). The van der Waals surface area contributed by atoms with E-state index in [4.69, 9.17) is 10.2 Å². The van der Waals surface area contributed by atoms with Gasteiger partial charge in [-0.3, -0.25) is 10.1 Å². The summed E-state index contributed by atoms with van der Waals surface area (Å²) in [6.45, 7) is -0.308. The molecule has 1 aromatic rings. The van der Waals surface area contributed by atoms with Crippen molar-refractivity contribution in [3.8, 4) is 0 Å². The SMILES string of the molecule is O=[N+]([O-])c1c(F)cccc1N(CCO)CCO. The zero-order valence-electron chi connectivity index (χ0n) is 9.04. The maximum absolute atomic E-state index is 13.3. The van der Waals surface area contributed by atoms with Gasteiger partial charge in [0.25, 0.3) is 0 Å². The monoisotopic (exact) mass is 244 g/mol. The Hall–Kier alpha value is -1.73. The molecule has 94 valence electrons. The summed E-state index contributed by atoms with van der Waals surface area (Å²) < 4.78 is 13.3. The topological polar surface area (TPSA) is 86.8 Å². The molecule has 6 nitrogen and oxygen atoms in total. The smallest absolute Gasteiger partial charge is 0.327 e. The van der Waals surface area contributed by atoms with Crippen LogP contribution in [0.15, 0.2) is 18.2 Å². The Morgan fingerprint density at radius 3 is 2.35 bits per heavy atom. The van der Waals surface area contributed by atoms with E-state index >= 15 is 0 Å². The Balaban J connectivity index is 3.17. The number of benzene rings is 1. The van der Waals surface area contributed by atoms with Gasteiger partial charge in [0, 0.05) is 13.1 Å². The van der Waals surface area contributed by atoms with Gasteiger partial charge in [-0.2, -0.15) is 4.39 Å². The lowest BCUT2D eigenvalue weighted by Gasteiger charge is -2.22. The van der Waals surface area contributed by atoms with Crippen LogP contribution in [0.4, 0.5) is 15.8 Å². The van der Waals surface area contributed by atoms with Crippen LogP contribution in [0.2, 0.25) is 0 Å². The van der Waals surface area contributed by atoms with Gasteiger partial charge in [-0.05, 0) is 12.1 Å². The molecule has 0 atom stereocenters. The van der Waals surface area contributed by atoms with Crippen LogP contribution in [0.5, 0.6) is 0 Å². The molecule has 0 aliphatic heterocycles. The van der Waals surface area contributed by atoms with Crippen LogP contribution in [0, 0.1) is 15.9 Å². The zero-order valence-corrected chi connectivity index (χ0v) is 9.04. The molecule has 7 heteroatoms. The van der Waals surface area contributed by atoms with E-state index in [2.05, 4.69) is 0 Å². The van der Waals surface area contributed by atoms with Crippen LogP contribution < -0.4 is 4.90 Å². The van der Waals surface area contributed by atoms with Gasteiger partial charge in [-0.15, -0.1) is 0 Å². The largest absolute Gasteiger partial charge is 0.395 e. The molecular formula is C10H13FN2O4. The highest BCUT2D eigenvalue weighted by atomic mass is 19.1. The highest BCUT2D eigenvalue weighted by Gasteiger charge is 2.23. The third-order valence-corrected chi connectivity index (χ3v) is 2.23. The van der Waals surface area contributed by atoms with Crippen molar-refractivity contribution in [3.63, 3.8) is 0 Å². The van der Waals surface area contributed by atoms with Gasteiger partial charge in [0.15, 0.2) is 0 Å². The third kappa shape index (κ3) is 3.11. The molecule has 0 amide bonds. The van der Waals surface area contributed by atoms with Gasteiger partial charge in [-0.1, -0.05) is 6.07 Å². The van der Waals surface area contributed by atoms with Gasteiger partial charge < -0.3 is 15.1 Å². The summed E-state index contributed by atoms with van der Waals surface area (Å²) in [5.74, 6) is -0.937. The second kappa shape index (κ2) is 6.12. The highest BCUT2D eigenvalue weighted by molar-refractivity contribution is 5.63. The predicted octanol–water partition coefficient (Wildman–Crippen LogP) is 0.525. The first-order valence-corrected chi connectivity index (χ1v) is 5.01. The number of aliphatic hydroxyl groups excluding tert-OH is 2. The Morgan fingerprint density at radius 1 is 1.29 bits per heavy atom. The number of nitro groups is 1. The molecule has 0 heterocycles. The van der Waals surface area contributed by atoms with Crippen LogP contribution in [0.1, 0.15) is 0 Å². The minimum absolute atomic E-state index is 0.0538. The fourth-order valence-electron chi connectivity index (χ4n) is 1.53. The van der Waals surface area contributed by atoms with E-state index in [0.717, 1.165) is 6.07 Å². The van der Waals surface area contributed by atoms with Gasteiger partial charge in [-0.25, -0.2) is 0 Å². The number of nitro benzene ring substituents is 1. The molecule has 0 spiro atoms. The number of rotatable bonds is 6. The summed E-state index contributed by atoms with van der Waals surface area (Å²) in [4.78, 5) is 11.3. The fraction of sp³-hybridized carbons (Fsp3) is 0.400. The normalized spacial score (nSPS) is 10.3. The second-order valence-corrected chi connectivity index (χ2v) is 3.30. The van der Waals surface area contributed by atoms with Crippen molar-refractivity contribution < 1.29 is 19.5 Å². The Morgan fingerprint density at radius 2 is 1.88 bits per heavy atom. The number of hydrogen-bond acceptors (Lipinski definition) is 5. The zero-order chi connectivity index (χ0) is 12.8. The molecule has 17 heavy (non-hydrogen) atoms. The Kier molecular flexibility index (Phi) is 4.80. The maximum Gasteiger partial charge on any atom is 0.327 e. The number of aliphatic hydroxyl groups is 2. The van der Waals surface area contributed by atoms with Crippen LogP contribution in [0.25, 0.3) is 0 Å². The molecule has 1 aromatic carbocycles. The summed E-state index contributed by atoms with van der Waals surface area (Å²) in [6, 6.07) is 3.73. The summed E-state index contributed by atoms with van der Waals surface area (Å²) in [7, 11) is 0. The van der Waals surface area contributed by atoms with Gasteiger partial charge in [0.05, 0.1) is 18.1 Å². The van der Waals surface area contributed by atoms with Crippen LogP contribution in [0.3, 0.4) is 0 Å². The van der Waals surface area contributed by atoms with Crippen molar-refractivity contribution >= 4 is 11.4 Å². The molecule has 0 saturated heterocycles. The summed E-state index contributed by atoms with van der Waals surface area (Å²) in [6.07, 6.45) is 0. The van der Waals surface area contributed by atoms with E-state index in [-0.39, 0.29) is 32.0 Å². The molecule has 0 bridgehead atoms. The third-order valence-electron chi connectivity index (χ3n) is 2.23. The van der Waals surface area contributed by atoms with Gasteiger partial charge >= 0.3 is 5.69 Å². The minimum atomic E-state index is -0.937. The number of nitrogens with zero attached hydrogens (tertiary/aromatic N) is 2. The fourth-order valence-corrected chi connectivity index (χ4v) is 1.53. The quantitative estimate of drug-likeness (QED) is 0.563. The number of halogens is 1. The minimum Gasteiger partial charge on any atom is -0.395 e. The van der Waals surface area contributed by atoms with Crippen molar-refractivity contribution in [3.05, 3.63) is 34.1 Å². The van der Waals surface area contributed by atoms with Crippen molar-refractivity contribution in [1.29, 1.82) is 0 Å².